The fourth-order valence-corrected chi connectivity index (χ4v) is 3.27. The lowest BCUT2D eigenvalue weighted by Gasteiger charge is -2.29. The zero-order chi connectivity index (χ0) is 25.7. The molecule has 0 saturated carbocycles. The monoisotopic (exact) mass is 491 g/mol. The number of hydrogen-bond acceptors (Lipinski definition) is 8. The molecule has 0 aromatic carbocycles. The number of primary amides is 1. The van der Waals surface area contributed by atoms with E-state index < -0.39 is 59.9 Å². The first-order valence-corrected chi connectivity index (χ1v) is 12.1. The van der Waals surface area contributed by atoms with Gasteiger partial charge in [-0.05, 0) is 37.7 Å². The molecule has 0 spiro atoms. The van der Waals surface area contributed by atoms with Crippen LogP contribution in [0, 0.1) is 5.92 Å². The van der Waals surface area contributed by atoms with E-state index in [-0.39, 0.29) is 25.2 Å². The molecule has 12 nitrogen and oxygen atoms in total. The Bertz CT molecular complexity index is 692. The van der Waals surface area contributed by atoms with Crippen LogP contribution in [0.4, 0.5) is 0 Å². The fraction of sp³-hybridized carbons (Fsp3) is 0.750. The molecule has 0 radical (unpaired) electrons. The van der Waals surface area contributed by atoms with E-state index in [1.165, 1.54) is 18.7 Å². The average molecular weight is 492 g/mol. The maximum atomic E-state index is 12.8. The van der Waals surface area contributed by atoms with Crippen LogP contribution in [-0.2, 0) is 24.0 Å². The highest BCUT2D eigenvalue weighted by Gasteiger charge is 2.34. The maximum Gasteiger partial charge on any atom is 0.326 e. The molecular weight excluding hydrogens is 454 g/mol. The first kappa shape index (κ1) is 30.6. The van der Waals surface area contributed by atoms with Gasteiger partial charge < -0.3 is 37.6 Å². The summed E-state index contributed by atoms with van der Waals surface area (Å²) in [5.74, 6) is -3.97. The third-order valence-electron chi connectivity index (χ3n) is 5.12. The Kier molecular flexibility index (Phi) is 14.3. The van der Waals surface area contributed by atoms with Gasteiger partial charge in [0, 0.05) is 6.42 Å². The van der Waals surface area contributed by atoms with E-state index >= 15 is 0 Å². The Balaban J connectivity index is 5.41. The molecule has 0 bridgehead atoms. The van der Waals surface area contributed by atoms with Crippen molar-refractivity contribution in [3.63, 3.8) is 0 Å². The molecule has 0 aromatic heterocycles. The lowest BCUT2D eigenvalue weighted by atomic mass is 9.97. The van der Waals surface area contributed by atoms with Gasteiger partial charge in [-0.15, -0.1) is 0 Å². The van der Waals surface area contributed by atoms with E-state index in [1.54, 1.807) is 13.8 Å². The van der Waals surface area contributed by atoms with Gasteiger partial charge in [0.2, 0.25) is 23.6 Å². The van der Waals surface area contributed by atoms with Gasteiger partial charge in [0.15, 0.2) is 0 Å². The molecule has 13 heteroatoms. The lowest BCUT2D eigenvalue weighted by molar-refractivity contribution is -0.142. The molecule has 4 amide bonds. The number of aliphatic hydroxyl groups is 1. The van der Waals surface area contributed by atoms with Crippen LogP contribution in [0.2, 0.25) is 0 Å². The van der Waals surface area contributed by atoms with Gasteiger partial charge in [-0.3, -0.25) is 19.2 Å². The van der Waals surface area contributed by atoms with Crippen LogP contribution in [0.5, 0.6) is 0 Å². The van der Waals surface area contributed by atoms with Gasteiger partial charge in [-0.25, -0.2) is 4.79 Å². The highest BCUT2D eigenvalue weighted by molar-refractivity contribution is 7.98. The highest BCUT2D eigenvalue weighted by Crippen LogP contribution is 2.11. The summed E-state index contributed by atoms with van der Waals surface area (Å²) >= 11 is 1.44. The minimum absolute atomic E-state index is 0.0418. The third kappa shape index (κ3) is 11.3. The molecule has 0 heterocycles. The van der Waals surface area contributed by atoms with Crippen LogP contribution in [0.25, 0.3) is 0 Å². The number of carboxylic acids is 1. The van der Waals surface area contributed by atoms with E-state index in [9.17, 15) is 34.2 Å². The molecule has 6 atom stereocenters. The molecular formula is C20H37N5O7S. The third-order valence-corrected chi connectivity index (χ3v) is 5.76. The van der Waals surface area contributed by atoms with Crippen LogP contribution >= 0.6 is 11.8 Å². The molecule has 0 aromatic rings. The Labute approximate surface area is 198 Å². The molecule has 6 unspecified atom stereocenters. The van der Waals surface area contributed by atoms with Crippen molar-refractivity contribution >= 4 is 41.4 Å². The number of hydrogen-bond donors (Lipinski definition) is 7. The number of rotatable bonds is 16. The van der Waals surface area contributed by atoms with Crippen molar-refractivity contribution in [2.24, 2.45) is 17.4 Å². The minimum Gasteiger partial charge on any atom is -0.480 e. The average Bonchev–Trinajstić information content (AvgIpc) is 2.75. The summed E-state index contributed by atoms with van der Waals surface area (Å²) in [6.07, 6.45) is 1.01. The second-order valence-corrected chi connectivity index (χ2v) is 8.88. The predicted octanol–water partition coefficient (Wildman–Crippen LogP) is -1.70. The van der Waals surface area contributed by atoms with E-state index in [0.29, 0.717) is 12.2 Å². The SMILES string of the molecule is CCC(C)C(NC(=O)C(NC(=O)C(N)CCC(N)=O)C(C)O)C(=O)NC(CCSC)C(=O)O. The topological polar surface area (TPSA) is 214 Å². The van der Waals surface area contributed by atoms with Crippen molar-refractivity contribution in [1.82, 2.24) is 16.0 Å². The molecule has 0 aliphatic carbocycles. The molecule has 9 N–H and O–H groups in total. The van der Waals surface area contributed by atoms with Gasteiger partial charge in [0.1, 0.15) is 18.1 Å². The number of thioether (sulfide) groups is 1. The van der Waals surface area contributed by atoms with E-state index in [2.05, 4.69) is 16.0 Å². The number of carboxylic acid groups (broad SMARTS) is 1. The van der Waals surface area contributed by atoms with Gasteiger partial charge >= 0.3 is 5.97 Å². The molecule has 33 heavy (non-hydrogen) atoms. The molecule has 190 valence electrons. The van der Waals surface area contributed by atoms with Crippen LogP contribution in [0.15, 0.2) is 0 Å². The lowest BCUT2D eigenvalue weighted by Crippen LogP contribution is -2.61. The van der Waals surface area contributed by atoms with Gasteiger partial charge in [0.25, 0.3) is 0 Å². The van der Waals surface area contributed by atoms with E-state index in [1.807, 2.05) is 6.26 Å². The first-order valence-electron chi connectivity index (χ1n) is 10.7. The Hall–Kier alpha value is -2.38. The van der Waals surface area contributed by atoms with Crippen molar-refractivity contribution in [1.29, 1.82) is 0 Å². The molecule has 0 saturated heterocycles. The summed E-state index contributed by atoms with van der Waals surface area (Å²) in [7, 11) is 0. The van der Waals surface area contributed by atoms with Crippen LogP contribution < -0.4 is 27.4 Å². The van der Waals surface area contributed by atoms with Crippen LogP contribution in [-0.4, -0.2) is 82.1 Å². The summed E-state index contributed by atoms with van der Waals surface area (Å²) in [4.78, 5) is 60.3. The summed E-state index contributed by atoms with van der Waals surface area (Å²) < 4.78 is 0. The number of nitrogens with one attached hydrogen (secondary N) is 3. The number of aliphatic hydroxyl groups excluding tert-OH is 1. The largest absolute Gasteiger partial charge is 0.480 e. The number of aliphatic carboxylic acids is 1. The minimum atomic E-state index is -1.43. The standard InChI is InChI=1S/C20H37N5O7S/c1-5-10(2)15(18(29)23-13(20(31)32)8-9-33-4)24-19(30)16(11(3)26)25-17(28)12(21)6-7-14(22)27/h10-13,15-16,26H,5-9,21H2,1-4H3,(H2,22,27)(H,23,29)(H,24,30)(H,25,28)(H,31,32). The summed E-state index contributed by atoms with van der Waals surface area (Å²) in [5.41, 5.74) is 10.7. The Morgan fingerprint density at radius 3 is 1.94 bits per heavy atom. The van der Waals surface area contributed by atoms with Crippen LogP contribution in [0.3, 0.4) is 0 Å². The summed E-state index contributed by atoms with van der Waals surface area (Å²) in [6.45, 7) is 4.78. The van der Waals surface area contributed by atoms with Crippen molar-refractivity contribution in [2.45, 2.75) is 76.7 Å². The number of carbonyl (C=O) groups excluding carboxylic acids is 4. The smallest absolute Gasteiger partial charge is 0.326 e. The molecule has 0 aliphatic rings. The number of amides is 4. The van der Waals surface area contributed by atoms with Crippen molar-refractivity contribution in [2.75, 3.05) is 12.0 Å². The zero-order valence-corrected chi connectivity index (χ0v) is 20.3. The summed E-state index contributed by atoms with van der Waals surface area (Å²) in [5, 5.41) is 26.7. The molecule has 0 aliphatic heterocycles. The van der Waals surface area contributed by atoms with Crippen LogP contribution in [0.1, 0.15) is 46.5 Å². The Morgan fingerprint density at radius 2 is 1.48 bits per heavy atom. The van der Waals surface area contributed by atoms with E-state index in [0.717, 1.165) is 0 Å². The highest BCUT2D eigenvalue weighted by atomic mass is 32.2. The zero-order valence-electron chi connectivity index (χ0n) is 19.5. The quantitative estimate of drug-likeness (QED) is 0.131. The van der Waals surface area contributed by atoms with Crippen molar-refractivity contribution in [3.8, 4) is 0 Å². The molecule has 0 fully saturated rings. The van der Waals surface area contributed by atoms with Crippen molar-refractivity contribution < 1.29 is 34.2 Å². The fourth-order valence-electron chi connectivity index (χ4n) is 2.79. The Morgan fingerprint density at radius 1 is 0.939 bits per heavy atom. The van der Waals surface area contributed by atoms with Gasteiger partial charge in [0.05, 0.1) is 12.1 Å². The predicted molar refractivity (Wildman–Crippen MR) is 124 cm³/mol. The van der Waals surface area contributed by atoms with Gasteiger partial charge in [-0.1, -0.05) is 20.3 Å². The number of nitrogens with two attached hydrogens (primary N) is 2. The number of carbonyl (C=O) groups is 5. The van der Waals surface area contributed by atoms with E-state index in [4.69, 9.17) is 11.5 Å². The maximum absolute atomic E-state index is 12.8. The summed E-state index contributed by atoms with van der Waals surface area (Å²) in [6, 6.07) is -4.78. The second kappa shape index (κ2) is 15.5. The second-order valence-electron chi connectivity index (χ2n) is 7.89. The normalized spacial score (nSPS) is 16.4. The first-order chi connectivity index (χ1) is 15.3. The van der Waals surface area contributed by atoms with Crippen molar-refractivity contribution in [3.05, 3.63) is 0 Å². The molecule has 0 rings (SSSR count). The van der Waals surface area contributed by atoms with Gasteiger partial charge in [-0.2, -0.15) is 11.8 Å².